The topological polar surface area (TPSA) is 78.1 Å². The number of amides is 2. The Morgan fingerprint density at radius 1 is 1.33 bits per heavy atom. The van der Waals surface area contributed by atoms with Crippen LogP contribution < -0.4 is 5.32 Å². The largest absolute Gasteiger partial charge is 0.352 e. The van der Waals surface area contributed by atoms with Crippen LogP contribution in [-0.2, 0) is 4.79 Å². The zero-order valence-corrected chi connectivity index (χ0v) is 12.6. The van der Waals surface area contributed by atoms with Crippen molar-refractivity contribution in [3.8, 4) is 0 Å². The first-order chi connectivity index (χ1) is 10.2. The van der Waals surface area contributed by atoms with Gasteiger partial charge < -0.3 is 10.2 Å². The van der Waals surface area contributed by atoms with Crippen molar-refractivity contribution in [1.82, 2.24) is 20.4 Å². The first-order valence-electron chi connectivity index (χ1n) is 6.51. The first-order valence-corrected chi connectivity index (χ1v) is 7.30. The van der Waals surface area contributed by atoms with Crippen LogP contribution in [-0.4, -0.2) is 40.0 Å². The molecule has 1 fully saturated rings. The second-order valence-electron chi connectivity index (χ2n) is 4.68. The van der Waals surface area contributed by atoms with Crippen LogP contribution in [0.4, 0.5) is 0 Å². The first kappa shape index (κ1) is 13.8. The number of rotatable bonds is 2. The molecule has 7 heteroatoms. The van der Waals surface area contributed by atoms with E-state index in [1.165, 1.54) is 6.20 Å². The molecule has 0 radical (unpaired) electrons. The summed E-state index contributed by atoms with van der Waals surface area (Å²) in [6.45, 7) is 0.898. The second-order valence-corrected chi connectivity index (χ2v) is 5.54. The number of carbonyl (C=O) groups is 2. The van der Waals surface area contributed by atoms with E-state index in [4.69, 9.17) is 0 Å². The van der Waals surface area contributed by atoms with Gasteiger partial charge in [-0.15, -0.1) is 0 Å². The van der Waals surface area contributed by atoms with Gasteiger partial charge in [-0.2, -0.15) is 5.10 Å². The van der Waals surface area contributed by atoms with Crippen molar-refractivity contribution in [2.45, 2.75) is 6.04 Å². The molecule has 2 amide bonds. The van der Waals surface area contributed by atoms with E-state index in [1.54, 1.807) is 11.0 Å². The van der Waals surface area contributed by atoms with Crippen molar-refractivity contribution >= 4 is 27.7 Å². The number of nitrogens with one attached hydrogen (secondary N) is 2. The summed E-state index contributed by atoms with van der Waals surface area (Å²) in [5.41, 5.74) is 1.14. The molecule has 1 saturated heterocycles. The molecule has 0 spiro atoms. The minimum atomic E-state index is -0.648. The van der Waals surface area contributed by atoms with Gasteiger partial charge in [-0.05, 0) is 17.7 Å². The minimum absolute atomic E-state index is 0.180. The monoisotopic (exact) mass is 348 g/mol. The fourth-order valence-corrected chi connectivity index (χ4v) is 2.92. The standard InChI is InChI=1S/C14H13BrN4O2/c15-10-4-2-1-3-9(10)12-13(20)16-7-8-19(12)14(21)11-5-6-17-18-11/h1-6,12H,7-8H2,(H,16,20)(H,17,18)/t12-/m1/s1. The maximum atomic E-state index is 12.6. The van der Waals surface area contributed by atoms with Crippen LogP contribution in [0, 0.1) is 0 Å². The van der Waals surface area contributed by atoms with Crippen LogP contribution in [0.1, 0.15) is 22.1 Å². The number of carbonyl (C=O) groups excluding carboxylic acids is 2. The van der Waals surface area contributed by atoms with Gasteiger partial charge in [0.2, 0.25) is 5.91 Å². The molecule has 1 aliphatic rings. The Kier molecular flexibility index (Phi) is 3.74. The quantitative estimate of drug-likeness (QED) is 0.862. The molecule has 1 aliphatic heterocycles. The highest BCUT2D eigenvalue weighted by molar-refractivity contribution is 9.10. The predicted octanol–water partition coefficient (Wildman–Crippen LogP) is 1.49. The Bertz CT molecular complexity index is 671. The zero-order valence-electron chi connectivity index (χ0n) is 11.0. The fourth-order valence-electron chi connectivity index (χ4n) is 2.42. The number of H-pyrrole nitrogens is 1. The van der Waals surface area contributed by atoms with Crippen LogP contribution in [0.2, 0.25) is 0 Å². The van der Waals surface area contributed by atoms with Gasteiger partial charge in [-0.3, -0.25) is 14.7 Å². The number of hydrogen-bond acceptors (Lipinski definition) is 3. The minimum Gasteiger partial charge on any atom is -0.352 e. The number of aromatic nitrogens is 2. The van der Waals surface area contributed by atoms with E-state index in [2.05, 4.69) is 31.4 Å². The molecule has 2 N–H and O–H groups in total. The van der Waals surface area contributed by atoms with Crippen LogP contribution in [0.5, 0.6) is 0 Å². The van der Waals surface area contributed by atoms with Crippen LogP contribution in [0.25, 0.3) is 0 Å². The Hall–Kier alpha value is -2.15. The molecule has 1 aromatic heterocycles. The number of benzene rings is 1. The lowest BCUT2D eigenvalue weighted by molar-refractivity contribution is -0.128. The highest BCUT2D eigenvalue weighted by Crippen LogP contribution is 2.30. The Balaban J connectivity index is 1.99. The van der Waals surface area contributed by atoms with Gasteiger partial charge in [0, 0.05) is 23.8 Å². The van der Waals surface area contributed by atoms with Crippen molar-refractivity contribution < 1.29 is 9.59 Å². The third-order valence-electron chi connectivity index (χ3n) is 3.40. The fraction of sp³-hybridized carbons (Fsp3) is 0.214. The number of piperazine rings is 1. The summed E-state index contributed by atoms with van der Waals surface area (Å²) in [7, 11) is 0. The van der Waals surface area contributed by atoms with Gasteiger partial charge in [0.05, 0.1) is 0 Å². The number of aromatic amines is 1. The van der Waals surface area contributed by atoms with E-state index >= 15 is 0 Å². The summed E-state index contributed by atoms with van der Waals surface area (Å²) in [6, 6.07) is 8.37. The summed E-state index contributed by atoms with van der Waals surface area (Å²) in [6.07, 6.45) is 1.52. The molecular formula is C14H13BrN4O2. The van der Waals surface area contributed by atoms with Gasteiger partial charge in [0.15, 0.2) is 0 Å². The van der Waals surface area contributed by atoms with Crippen molar-refractivity contribution in [3.63, 3.8) is 0 Å². The van der Waals surface area contributed by atoms with Crippen molar-refractivity contribution in [2.24, 2.45) is 0 Å². The number of halogens is 1. The molecule has 0 bridgehead atoms. The SMILES string of the molecule is O=C1NCCN(C(=O)c2ccn[nH]2)[C@@H]1c1ccccc1Br. The Labute approximate surface area is 129 Å². The zero-order chi connectivity index (χ0) is 14.8. The third kappa shape index (κ3) is 2.56. The van der Waals surface area contributed by atoms with Crippen molar-refractivity contribution in [2.75, 3.05) is 13.1 Å². The molecule has 3 rings (SSSR count). The molecule has 2 heterocycles. The van der Waals surface area contributed by atoms with Crippen molar-refractivity contribution in [3.05, 3.63) is 52.3 Å². The lowest BCUT2D eigenvalue weighted by atomic mass is 10.0. The predicted molar refractivity (Wildman–Crippen MR) is 79.5 cm³/mol. The van der Waals surface area contributed by atoms with Gasteiger partial charge in [-0.25, -0.2) is 0 Å². The van der Waals surface area contributed by atoms with E-state index in [9.17, 15) is 9.59 Å². The molecule has 0 unspecified atom stereocenters. The third-order valence-corrected chi connectivity index (χ3v) is 4.13. The molecule has 2 aromatic rings. The molecule has 0 saturated carbocycles. The summed E-state index contributed by atoms with van der Waals surface area (Å²) in [5.74, 6) is -0.413. The molecule has 0 aliphatic carbocycles. The van der Waals surface area contributed by atoms with E-state index in [-0.39, 0.29) is 11.8 Å². The summed E-state index contributed by atoms with van der Waals surface area (Å²) in [5, 5.41) is 9.25. The average molecular weight is 349 g/mol. The number of hydrogen-bond donors (Lipinski definition) is 2. The van der Waals surface area contributed by atoms with Crippen LogP contribution in [0.15, 0.2) is 41.0 Å². The molecule has 1 aromatic carbocycles. The highest BCUT2D eigenvalue weighted by atomic mass is 79.9. The lowest BCUT2D eigenvalue weighted by Crippen LogP contribution is -2.52. The van der Waals surface area contributed by atoms with Gasteiger partial charge in [0.25, 0.3) is 5.91 Å². The lowest BCUT2D eigenvalue weighted by Gasteiger charge is -2.35. The van der Waals surface area contributed by atoms with E-state index < -0.39 is 6.04 Å². The van der Waals surface area contributed by atoms with E-state index in [0.29, 0.717) is 18.8 Å². The van der Waals surface area contributed by atoms with Crippen molar-refractivity contribution in [1.29, 1.82) is 0 Å². The maximum Gasteiger partial charge on any atom is 0.272 e. The molecule has 1 atom stereocenters. The summed E-state index contributed by atoms with van der Waals surface area (Å²) >= 11 is 3.45. The number of nitrogens with zero attached hydrogens (tertiary/aromatic N) is 2. The molecule has 21 heavy (non-hydrogen) atoms. The summed E-state index contributed by atoms with van der Waals surface area (Å²) in [4.78, 5) is 26.4. The maximum absolute atomic E-state index is 12.6. The average Bonchev–Trinajstić information content (AvgIpc) is 3.01. The summed E-state index contributed by atoms with van der Waals surface area (Å²) < 4.78 is 0.800. The van der Waals surface area contributed by atoms with Crippen LogP contribution >= 0.6 is 15.9 Å². The molecule has 108 valence electrons. The Morgan fingerprint density at radius 3 is 2.86 bits per heavy atom. The van der Waals surface area contributed by atoms with Crippen LogP contribution in [0.3, 0.4) is 0 Å². The van der Waals surface area contributed by atoms with Gasteiger partial charge in [0.1, 0.15) is 11.7 Å². The van der Waals surface area contributed by atoms with E-state index in [0.717, 1.165) is 10.0 Å². The molecule has 6 nitrogen and oxygen atoms in total. The normalized spacial score (nSPS) is 18.4. The van der Waals surface area contributed by atoms with Gasteiger partial charge >= 0.3 is 0 Å². The highest BCUT2D eigenvalue weighted by Gasteiger charge is 2.36. The Morgan fingerprint density at radius 2 is 2.14 bits per heavy atom. The van der Waals surface area contributed by atoms with Gasteiger partial charge in [-0.1, -0.05) is 34.1 Å². The molecular weight excluding hydrogens is 336 g/mol. The smallest absolute Gasteiger partial charge is 0.272 e. The second kappa shape index (κ2) is 5.69. The van der Waals surface area contributed by atoms with E-state index in [1.807, 2.05) is 24.3 Å².